The van der Waals surface area contributed by atoms with Crippen molar-refractivity contribution in [3.05, 3.63) is 30.3 Å². The van der Waals surface area contributed by atoms with Crippen LogP contribution in [-0.4, -0.2) is 41.1 Å². The van der Waals surface area contributed by atoms with Crippen molar-refractivity contribution in [1.82, 2.24) is 0 Å². The molecule has 0 radical (unpaired) electrons. The third-order valence-corrected chi connectivity index (χ3v) is 7.13. The molecule has 0 unspecified atom stereocenters. The molecule has 5 heteroatoms. The van der Waals surface area contributed by atoms with Gasteiger partial charge in [0, 0.05) is 0 Å². The van der Waals surface area contributed by atoms with E-state index in [0.29, 0.717) is 4.82 Å². The van der Waals surface area contributed by atoms with Gasteiger partial charge in [-0.15, -0.1) is 0 Å². The predicted octanol–water partition coefficient (Wildman–Crippen LogP) is 1.96. The van der Waals surface area contributed by atoms with Gasteiger partial charge in [-0.05, 0) is 0 Å². The number of benzene rings is 1. The van der Waals surface area contributed by atoms with Gasteiger partial charge >= 0.3 is 137 Å². The SMILES string of the molecule is COC(=O)C(C(=O)OC)[C@@H]1CCCC[C@@H]1[Se]c1ccccc1. The van der Waals surface area contributed by atoms with Crippen molar-refractivity contribution in [3.63, 3.8) is 0 Å². The van der Waals surface area contributed by atoms with Crippen LogP contribution in [0, 0.1) is 11.8 Å². The Kier molecular flexibility index (Phi) is 6.47. The van der Waals surface area contributed by atoms with Crippen LogP contribution in [-0.2, 0) is 19.1 Å². The average molecular weight is 369 g/mol. The summed E-state index contributed by atoms with van der Waals surface area (Å²) in [6.07, 6.45) is 4.15. The number of methoxy groups -OCH3 is 2. The molecule has 2 atom stereocenters. The second-order valence-electron chi connectivity index (χ2n) is 5.44. The van der Waals surface area contributed by atoms with Gasteiger partial charge in [0.05, 0.1) is 0 Å². The number of carbonyl (C=O) groups is 2. The Balaban J connectivity index is 2.19. The van der Waals surface area contributed by atoms with Crippen molar-refractivity contribution in [1.29, 1.82) is 0 Å². The molecule has 1 aromatic carbocycles. The van der Waals surface area contributed by atoms with Crippen molar-refractivity contribution >= 4 is 31.4 Å². The summed E-state index contributed by atoms with van der Waals surface area (Å²) < 4.78 is 11.0. The molecule has 2 rings (SSSR count). The molecule has 0 saturated heterocycles. The number of rotatable bonds is 5. The van der Waals surface area contributed by atoms with Gasteiger partial charge in [-0.3, -0.25) is 0 Å². The fourth-order valence-electron chi connectivity index (χ4n) is 3.03. The molecule has 22 heavy (non-hydrogen) atoms. The fraction of sp³-hybridized carbons (Fsp3) is 0.529. The number of ether oxygens (including phenoxy) is 2. The number of hydrogen-bond acceptors (Lipinski definition) is 4. The first-order valence-corrected chi connectivity index (χ1v) is 9.39. The second-order valence-corrected chi connectivity index (χ2v) is 8.20. The van der Waals surface area contributed by atoms with E-state index in [-0.39, 0.29) is 20.9 Å². The summed E-state index contributed by atoms with van der Waals surface area (Å²) in [5.74, 6) is -1.69. The molecule has 1 aliphatic carbocycles. The predicted molar refractivity (Wildman–Crippen MR) is 85.1 cm³/mol. The first kappa shape index (κ1) is 17.0. The molecule has 1 saturated carbocycles. The molecular weight excluding hydrogens is 347 g/mol. The minimum atomic E-state index is -0.786. The van der Waals surface area contributed by atoms with Gasteiger partial charge in [0.25, 0.3) is 0 Å². The quantitative estimate of drug-likeness (QED) is 0.452. The maximum atomic E-state index is 12.1. The van der Waals surface area contributed by atoms with E-state index < -0.39 is 17.9 Å². The van der Waals surface area contributed by atoms with E-state index in [4.69, 9.17) is 9.47 Å². The molecule has 0 amide bonds. The third-order valence-electron chi connectivity index (χ3n) is 4.12. The Morgan fingerprint density at radius 3 is 2.23 bits per heavy atom. The van der Waals surface area contributed by atoms with Crippen LogP contribution in [0.3, 0.4) is 0 Å². The van der Waals surface area contributed by atoms with Crippen LogP contribution in [0.4, 0.5) is 0 Å². The van der Waals surface area contributed by atoms with Crippen LogP contribution in [0.2, 0.25) is 4.82 Å². The summed E-state index contributed by atoms with van der Waals surface area (Å²) in [6, 6.07) is 10.3. The van der Waals surface area contributed by atoms with Gasteiger partial charge in [0.15, 0.2) is 0 Å². The van der Waals surface area contributed by atoms with Gasteiger partial charge in [-0.1, -0.05) is 0 Å². The number of hydrogen-bond donors (Lipinski definition) is 0. The van der Waals surface area contributed by atoms with Crippen molar-refractivity contribution in [2.24, 2.45) is 11.8 Å². The van der Waals surface area contributed by atoms with Gasteiger partial charge < -0.3 is 0 Å². The molecule has 120 valence electrons. The van der Waals surface area contributed by atoms with E-state index >= 15 is 0 Å². The summed E-state index contributed by atoms with van der Waals surface area (Å²) in [6.45, 7) is 0. The summed E-state index contributed by atoms with van der Waals surface area (Å²) >= 11 is 0.243. The Morgan fingerprint density at radius 1 is 1.05 bits per heavy atom. The minimum absolute atomic E-state index is 0.0221. The Morgan fingerprint density at radius 2 is 1.64 bits per heavy atom. The van der Waals surface area contributed by atoms with Gasteiger partial charge in [0.1, 0.15) is 0 Å². The molecule has 1 aromatic rings. The molecule has 4 nitrogen and oxygen atoms in total. The number of esters is 2. The van der Waals surface area contributed by atoms with Crippen molar-refractivity contribution in [3.8, 4) is 0 Å². The first-order chi connectivity index (χ1) is 10.7. The van der Waals surface area contributed by atoms with Crippen LogP contribution >= 0.6 is 0 Å². The zero-order chi connectivity index (χ0) is 15.9. The van der Waals surface area contributed by atoms with Crippen LogP contribution in [0.15, 0.2) is 30.3 Å². The molecule has 1 fully saturated rings. The fourth-order valence-corrected chi connectivity index (χ4v) is 6.00. The van der Waals surface area contributed by atoms with E-state index in [2.05, 4.69) is 12.1 Å². The van der Waals surface area contributed by atoms with Gasteiger partial charge in [-0.2, -0.15) is 0 Å². The Labute approximate surface area is 137 Å². The van der Waals surface area contributed by atoms with E-state index in [1.54, 1.807) is 0 Å². The molecule has 0 bridgehead atoms. The standard InChI is InChI=1S/C17H22O4Se/c1-20-16(18)15(17(19)21-2)13-10-6-7-11-14(13)22-12-8-4-3-5-9-12/h3-5,8-9,13-15H,6-7,10-11H2,1-2H3/t13-,14+/m1/s1. The van der Waals surface area contributed by atoms with Crippen LogP contribution in [0.5, 0.6) is 0 Å². The van der Waals surface area contributed by atoms with E-state index in [0.717, 1.165) is 25.7 Å². The van der Waals surface area contributed by atoms with Crippen LogP contribution in [0.1, 0.15) is 25.7 Å². The van der Waals surface area contributed by atoms with E-state index in [1.807, 2.05) is 18.2 Å². The van der Waals surface area contributed by atoms with Crippen LogP contribution < -0.4 is 4.46 Å². The monoisotopic (exact) mass is 370 g/mol. The van der Waals surface area contributed by atoms with Crippen molar-refractivity contribution in [2.45, 2.75) is 30.5 Å². The zero-order valence-electron chi connectivity index (χ0n) is 13.0. The summed E-state index contributed by atoms with van der Waals surface area (Å²) in [4.78, 5) is 24.6. The Bertz CT molecular complexity index is 487. The summed E-state index contributed by atoms with van der Waals surface area (Å²) in [7, 11) is 2.66. The topological polar surface area (TPSA) is 52.6 Å². The van der Waals surface area contributed by atoms with Crippen LogP contribution in [0.25, 0.3) is 0 Å². The number of carbonyl (C=O) groups excluding carboxylic acids is 2. The van der Waals surface area contributed by atoms with Gasteiger partial charge in [-0.25, -0.2) is 0 Å². The van der Waals surface area contributed by atoms with E-state index in [9.17, 15) is 9.59 Å². The average Bonchev–Trinajstić information content (AvgIpc) is 2.57. The molecular formula is C17H22O4Se. The molecule has 0 N–H and O–H groups in total. The van der Waals surface area contributed by atoms with Crippen molar-refractivity contribution < 1.29 is 19.1 Å². The molecule has 0 aromatic heterocycles. The van der Waals surface area contributed by atoms with Gasteiger partial charge in [0.2, 0.25) is 0 Å². The second kappa shape index (κ2) is 8.35. The first-order valence-electron chi connectivity index (χ1n) is 7.54. The third kappa shape index (κ3) is 4.11. The normalized spacial score (nSPS) is 21.4. The summed E-state index contributed by atoms with van der Waals surface area (Å²) in [5, 5.41) is 0. The molecule has 1 aliphatic rings. The molecule has 0 heterocycles. The van der Waals surface area contributed by atoms with Crippen molar-refractivity contribution in [2.75, 3.05) is 14.2 Å². The zero-order valence-corrected chi connectivity index (χ0v) is 14.7. The Hall–Kier alpha value is -1.32. The van der Waals surface area contributed by atoms with E-state index in [1.165, 1.54) is 18.7 Å². The summed E-state index contributed by atoms with van der Waals surface area (Å²) in [5.41, 5.74) is 0. The maximum absolute atomic E-state index is 12.1. The molecule has 0 spiro atoms. The molecule has 0 aliphatic heterocycles.